The van der Waals surface area contributed by atoms with Crippen molar-refractivity contribution >= 4 is 59.0 Å². The minimum absolute atomic E-state index is 0.111. The van der Waals surface area contributed by atoms with Crippen molar-refractivity contribution in [2.45, 2.75) is 25.2 Å². The molecule has 0 aliphatic heterocycles. The number of rotatable bonds is 11. The lowest BCUT2D eigenvalue weighted by Crippen LogP contribution is -2.31. The maximum Gasteiger partial charge on any atom is 0.283 e. The molecule has 0 aliphatic carbocycles. The van der Waals surface area contributed by atoms with Crippen molar-refractivity contribution in [1.82, 2.24) is 4.90 Å². The van der Waals surface area contributed by atoms with Gasteiger partial charge in [0.1, 0.15) is 5.56 Å². The number of halogens is 2. The number of carbonyl (C=O) groups is 1. The molecule has 8 nitrogen and oxygen atoms in total. The van der Waals surface area contributed by atoms with Crippen LogP contribution in [0.1, 0.15) is 30.6 Å². The van der Waals surface area contributed by atoms with Crippen molar-refractivity contribution in [2.24, 2.45) is 0 Å². The molecule has 1 rings (SSSR count). The molecule has 1 amide bonds. The van der Waals surface area contributed by atoms with Gasteiger partial charge < -0.3 is 9.80 Å². The van der Waals surface area contributed by atoms with Crippen LogP contribution < -0.4 is 4.90 Å². The van der Waals surface area contributed by atoms with Gasteiger partial charge in [0.05, 0.1) is 21.3 Å². The van der Waals surface area contributed by atoms with Gasteiger partial charge in [-0.15, -0.1) is 0 Å². The molecule has 11 heteroatoms. The smallest absolute Gasteiger partial charge is 0.283 e. The molecule has 0 radical (unpaired) electrons. The number of alkyl halides is 2. The number of nitrogens with zero attached hydrogens (tertiary/aromatic N) is 3. The summed E-state index contributed by atoms with van der Waals surface area (Å²) in [6.45, 7) is 4.78. The van der Waals surface area contributed by atoms with Crippen LogP contribution in [-0.2, 0) is 9.84 Å². The summed E-state index contributed by atoms with van der Waals surface area (Å²) in [5.41, 5.74) is -0.305. The van der Waals surface area contributed by atoms with E-state index in [2.05, 4.69) is 31.9 Å². The van der Waals surface area contributed by atoms with E-state index in [0.29, 0.717) is 42.4 Å². The number of anilines is 1. The highest BCUT2D eigenvalue weighted by Crippen LogP contribution is 2.34. The van der Waals surface area contributed by atoms with Gasteiger partial charge in [-0.05, 0) is 12.5 Å². The molecule has 0 bridgehead atoms. The van der Waals surface area contributed by atoms with Gasteiger partial charge in [-0.2, -0.15) is 0 Å². The highest BCUT2D eigenvalue weighted by molar-refractivity contribution is 9.09. The fraction of sp³-hybridized carbons (Fsp3) is 0.588. The van der Waals surface area contributed by atoms with E-state index in [4.69, 9.17) is 0 Å². The molecule has 0 saturated heterocycles. The monoisotopic (exact) mass is 541 g/mol. The Bertz CT molecular complexity index is 811. The normalized spacial score (nSPS) is 11.3. The molecule has 158 valence electrons. The van der Waals surface area contributed by atoms with Crippen molar-refractivity contribution < 1.29 is 18.1 Å². The first kappa shape index (κ1) is 24.8. The van der Waals surface area contributed by atoms with Crippen molar-refractivity contribution in [3.8, 4) is 0 Å². The third kappa shape index (κ3) is 5.90. The first-order valence-corrected chi connectivity index (χ1v) is 12.7. The fourth-order valence-corrected chi connectivity index (χ4v) is 4.70. The summed E-state index contributed by atoms with van der Waals surface area (Å²) in [4.78, 5) is 26.8. The highest BCUT2D eigenvalue weighted by Gasteiger charge is 2.30. The number of nitro benzene ring substituents is 1. The summed E-state index contributed by atoms with van der Waals surface area (Å²) >= 11 is 6.70. The Morgan fingerprint density at radius 3 is 2.14 bits per heavy atom. The lowest BCUT2D eigenvalue weighted by molar-refractivity contribution is -0.385. The zero-order chi connectivity index (χ0) is 21.5. The van der Waals surface area contributed by atoms with Crippen LogP contribution in [0.5, 0.6) is 0 Å². The van der Waals surface area contributed by atoms with E-state index in [-0.39, 0.29) is 16.2 Å². The van der Waals surface area contributed by atoms with E-state index >= 15 is 0 Å². The predicted molar refractivity (Wildman–Crippen MR) is 118 cm³/mol. The number of hydrogen-bond donors (Lipinski definition) is 0. The van der Waals surface area contributed by atoms with Crippen molar-refractivity contribution in [3.05, 3.63) is 27.8 Å². The minimum Gasteiger partial charge on any atom is -0.369 e. The molecular formula is C17H25Br2N3O5S. The zero-order valence-electron chi connectivity index (χ0n) is 16.2. The number of amides is 1. The number of benzene rings is 1. The first-order valence-electron chi connectivity index (χ1n) is 8.82. The standard InChI is InChI=1S/C17H25Br2N3O5S/c1-4-8-20(3)17(23)13-11-15(21(9-6-18)10-7-19)16(28(26,27)5-2)12-14(13)22(24)25/h11-12H,4-10H2,1-3H3. The van der Waals surface area contributed by atoms with Crippen LogP contribution >= 0.6 is 31.9 Å². The maximum atomic E-state index is 12.8. The summed E-state index contributed by atoms with van der Waals surface area (Å²) < 4.78 is 25.3. The molecule has 1 aromatic rings. The van der Waals surface area contributed by atoms with Crippen molar-refractivity contribution in [3.63, 3.8) is 0 Å². The van der Waals surface area contributed by atoms with Crippen LogP contribution in [0.2, 0.25) is 0 Å². The van der Waals surface area contributed by atoms with Crippen LogP contribution in [0.15, 0.2) is 17.0 Å². The molecule has 0 saturated carbocycles. The molecule has 0 unspecified atom stereocenters. The Balaban J connectivity index is 3.81. The molecule has 0 fully saturated rings. The molecule has 0 N–H and O–H groups in total. The Labute approximate surface area is 182 Å². The Kier molecular flexibility index (Phi) is 9.85. The van der Waals surface area contributed by atoms with Crippen LogP contribution in [0.25, 0.3) is 0 Å². The van der Waals surface area contributed by atoms with Gasteiger partial charge in [-0.3, -0.25) is 14.9 Å². The molecule has 0 aliphatic rings. The van der Waals surface area contributed by atoms with E-state index in [1.54, 1.807) is 11.9 Å². The molecule has 0 heterocycles. The van der Waals surface area contributed by atoms with Crippen LogP contribution in [-0.4, -0.2) is 67.2 Å². The van der Waals surface area contributed by atoms with Gasteiger partial charge >= 0.3 is 0 Å². The number of carbonyl (C=O) groups excluding carboxylic acids is 1. The maximum absolute atomic E-state index is 12.8. The number of sulfone groups is 1. The SMILES string of the molecule is CCCN(C)C(=O)c1cc(N(CCBr)CCBr)c(S(=O)(=O)CC)cc1[N+](=O)[O-]. The molecule has 0 aromatic heterocycles. The number of nitro groups is 1. The summed E-state index contributed by atoms with van der Waals surface area (Å²) in [6, 6.07) is 2.37. The molecule has 1 aromatic carbocycles. The van der Waals surface area contributed by atoms with Crippen molar-refractivity contribution in [1.29, 1.82) is 0 Å². The molecular weight excluding hydrogens is 518 g/mol. The van der Waals surface area contributed by atoms with E-state index in [0.717, 1.165) is 6.07 Å². The highest BCUT2D eigenvalue weighted by atomic mass is 79.9. The van der Waals surface area contributed by atoms with Crippen LogP contribution in [0.3, 0.4) is 0 Å². The topological polar surface area (TPSA) is 101 Å². The second-order valence-electron chi connectivity index (χ2n) is 6.09. The quantitative estimate of drug-likeness (QED) is 0.241. The van der Waals surface area contributed by atoms with E-state index in [1.807, 2.05) is 6.92 Å². The van der Waals surface area contributed by atoms with Crippen molar-refractivity contribution in [2.75, 3.05) is 48.0 Å². The summed E-state index contributed by atoms with van der Waals surface area (Å²) in [5, 5.41) is 12.8. The van der Waals surface area contributed by atoms with Gasteiger partial charge in [0.15, 0.2) is 9.84 Å². The largest absolute Gasteiger partial charge is 0.369 e. The second kappa shape index (κ2) is 11.1. The zero-order valence-corrected chi connectivity index (χ0v) is 20.1. The first-order chi connectivity index (χ1) is 13.1. The molecule has 0 spiro atoms. The molecule has 0 atom stereocenters. The predicted octanol–water partition coefficient (Wildman–Crippen LogP) is 3.47. The third-order valence-electron chi connectivity index (χ3n) is 4.17. The third-order valence-corrected chi connectivity index (χ3v) is 6.64. The summed E-state index contributed by atoms with van der Waals surface area (Å²) in [7, 11) is -2.17. The number of hydrogen-bond acceptors (Lipinski definition) is 6. The Morgan fingerprint density at radius 1 is 1.14 bits per heavy atom. The minimum atomic E-state index is -3.74. The van der Waals surface area contributed by atoms with Gasteiger partial charge in [-0.25, -0.2) is 8.42 Å². The van der Waals surface area contributed by atoms with Gasteiger partial charge in [0.2, 0.25) is 0 Å². The fourth-order valence-electron chi connectivity index (χ4n) is 2.73. The molecule has 28 heavy (non-hydrogen) atoms. The van der Waals surface area contributed by atoms with E-state index < -0.39 is 26.4 Å². The van der Waals surface area contributed by atoms with Crippen LogP contribution in [0.4, 0.5) is 11.4 Å². The summed E-state index contributed by atoms with van der Waals surface area (Å²) in [6.07, 6.45) is 0.699. The average Bonchev–Trinajstić information content (AvgIpc) is 2.66. The van der Waals surface area contributed by atoms with E-state index in [9.17, 15) is 23.3 Å². The lowest BCUT2D eigenvalue weighted by atomic mass is 10.1. The Morgan fingerprint density at radius 2 is 1.71 bits per heavy atom. The average molecular weight is 543 g/mol. The van der Waals surface area contributed by atoms with E-state index in [1.165, 1.54) is 17.9 Å². The van der Waals surface area contributed by atoms with Gasteiger partial charge in [-0.1, -0.05) is 45.7 Å². The van der Waals surface area contributed by atoms with Gasteiger partial charge in [0, 0.05) is 43.4 Å². The Hall–Kier alpha value is -1.20. The second-order valence-corrected chi connectivity index (χ2v) is 9.92. The van der Waals surface area contributed by atoms with Crippen LogP contribution in [0, 0.1) is 10.1 Å². The van der Waals surface area contributed by atoms with Gasteiger partial charge in [0.25, 0.3) is 11.6 Å². The lowest BCUT2D eigenvalue weighted by Gasteiger charge is -2.26. The summed E-state index contributed by atoms with van der Waals surface area (Å²) in [5.74, 6) is -0.704.